The van der Waals surface area contributed by atoms with Crippen molar-refractivity contribution in [2.24, 2.45) is 0 Å². The summed E-state index contributed by atoms with van der Waals surface area (Å²) in [4.78, 5) is 43.8. The zero-order valence-corrected chi connectivity index (χ0v) is 21.8. The number of aliphatic hydroxyl groups excluding tert-OH is 1. The van der Waals surface area contributed by atoms with Gasteiger partial charge in [0.1, 0.15) is 11.5 Å². The summed E-state index contributed by atoms with van der Waals surface area (Å²) < 4.78 is 6.13. The van der Waals surface area contributed by atoms with Gasteiger partial charge in [0.2, 0.25) is 0 Å². The maximum absolute atomic E-state index is 13.5. The van der Waals surface area contributed by atoms with Crippen LogP contribution in [0.3, 0.4) is 0 Å². The molecule has 9 nitrogen and oxygen atoms in total. The minimum Gasteiger partial charge on any atom is -0.507 e. The van der Waals surface area contributed by atoms with Gasteiger partial charge in [-0.25, -0.2) is 4.98 Å². The predicted molar refractivity (Wildman–Crippen MR) is 145 cm³/mol. The van der Waals surface area contributed by atoms with Crippen LogP contribution in [0.2, 0.25) is 0 Å². The fourth-order valence-corrected chi connectivity index (χ4v) is 5.97. The van der Waals surface area contributed by atoms with Crippen molar-refractivity contribution in [1.29, 1.82) is 0 Å². The summed E-state index contributed by atoms with van der Waals surface area (Å²) in [6, 6.07) is 13.4. The number of ether oxygens (including phenoxy) is 1. The summed E-state index contributed by atoms with van der Waals surface area (Å²) >= 11 is 1.24. The Balaban J connectivity index is 1.76. The Labute approximate surface area is 221 Å². The van der Waals surface area contributed by atoms with Crippen molar-refractivity contribution in [3.63, 3.8) is 0 Å². The van der Waals surface area contributed by atoms with Crippen LogP contribution in [0.15, 0.2) is 60.2 Å². The van der Waals surface area contributed by atoms with E-state index in [1.54, 1.807) is 31.2 Å². The van der Waals surface area contributed by atoms with E-state index in [9.17, 15) is 24.8 Å². The Morgan fingerprint density at radius 3 is 2.53 bits per heavy atom. The molecule has 5 rings (SSSR count). The quantitative estimate of drug-likeness (QED) is 0.115. The number of aryl methyl sites for hydroxylation is 3. The normalized spacial score (nSPS) is 16.8. The van der Waals surface area contributed by atoms with Crippen LogP contribution in [0.1, 0.15) is 33.9 Å². The molecule has 1 fully saturated rings. The van der Waals surface area contributed by atoms with E-state index in [2.05, 4.69) is 4.98 Å². The zero-order valence-electron chi connectivity index (χ0n) is 21.0. The molecule has 0 bridgehead atoms. The van der Waals surface area contributed by atoms with Crippen molar-refractivity contribution in [3.05, 3.63) is 98.1 Å². The summed E-state index contributed by atoms with van der Waals surface area (Å²) in [6.07, 6.45) is 0. The lowest BCUT2D eigenvalue weighted by molar-refractivity contribution is -0.384. The molecule has 2 heterocycles. The molecule has 192 valence electrons. The lowest BCUT2D eigenvalue weighted by atomic mass is 9.94. The number of fused-ring (bicyclic) bond motifs is 1. The SMILES string of the molecule is COc1ccc(C(O)=C2C(=O)C(=O)N(c3nc4c(C)cc(C)cc4s3)[C@@H]2c2cccc([N+](=O)[O-])c2)cc1C. The molecular formula is C28H23N3O6S. The Morgan fingerprint density at radius 1 is 1.08 bits per heavy atom. The van der Waals surface area contributed by atoms with Gasteiger partial charge in [-0.3, -0.25) is 24.6 Å². The predicted octanol–water partition coefficient (Wildman–Crippen LogP) is 5.76. The van der Waals surface area contributed by atoms with Crippen LogP contribution < -0.4 is 9.64 Å². The first-order valence-corrected chi connectivity index (χ1v) is 12.5. The number of nitrogens with zero attached hydrogens (tertiary/aromatic N) is 3. The Hall–Kier alpha value is -4.57. The average Bonchev–Trinajstić information content (AvgIpc) is 3.42. The van der Waals surface area contributed by atoms with Gasteiger partial charge >= 0.3 is 5.91 Å². The van der Waals surface area contributed by atoms with E-state index in [1.807, 2.05) is 26.0 Å². The second-order valence-corrected chi connectivity index (χ2v) is 10.1. The van der Waals surface area contributed by atoms with Gasteiger partial charge in [0.05, 0.1) is 33.9 Å². The van der Waals surface area contributed by atoms with Gasteiger partial charge in [-0.1, -0.05) is 29.5 Å². The van der Waals surface area contributed by atoms with Crippen molar-refractivity contribution in [3.8, 4) is 5.75 Å². The van der Waals surface area contributed by atoms with E-state index in [4.69, 9.17) is 4.74 Å². The minimum absolute atomic E-state index is 0.174. The Morgan fingerprint density at radius 2 is 1.84 bits per heavy atom. The number of benzene rings is 3. The van der Waals surface area contributed by atoms with Crippen LogP contribution in [0.5, 0.6) is 5.75 Å². The highest BCUT2D eigenvalue weighted by Gasteiger charge is 2.48. The number of methoxy groups -OCH3 is 1. The number of rotatable bonds is 5. The van der Waals surface area contributed by atoms with E-state index in [-0.39, 0.29) is 22.2 Å². The van der Waals surface area contributed by atoms with Crippen molar-refractivity contribution < 1.29 is 24.4 Å². The molecule has 38 heavy (non-hydrogen) atoms. The van der Waals surface area contributed by atoms with Gasteiger partial charge in [-0.15, -0.1) is 0 Å². The number of carbonyl (C=O) groups is 2. The van der Waals surface area contributed by atoms with Crippen LogP contribution in [0.25, 0.3) is 16.0 Å². The lowest BCUT2D eigenvalue weighted by Crippen LogP contribution is -2.29. The first-order valence-electron chi connectivity index (χ1n) is 11.7. The highest BCUT2D eigenvalue weighted by atomic mass is 32.1. The number of hydrogen-bond acceptors (Lipinski definition) is 8. The molecule has 1 aliphatic heterocycles. The first kappa shape index (κ1) is 25.1. The number of carbonyl (C=O) groups excluding carboxylic acids is 2. The number of hydrogen-bond donors (Lipinski definition) is 1. The number of aromatic nitrogens is 1. The van der Waals surface area contributed by atoms with Crippen LogP contribution in [0.4, 0.5) is 10.8 Å². The summed E-state index contributed by atoms with van der Waals surface area (Å²) in [7, 11) is 1.52. The van der Waals surface area contributed by atoms with E-state index in [0.717, 1.165) is 21.4 Å². The van der Waals surface area contributed by atoms with Crippen LogP contribution >= 0.6 is 11.3 Å². The fraction of sp³-hybridized carbons (Fsp3) is 0.179. The molecule has 1 aliphatic rings. The van der Waals surface area contributed by atoms with Gasteiger partial charge in [-0.2, -0.15) is 0 Å². The number of Topliss-reactive ketones (excluding diaryl/α,β-unsaturated/α-hetero) is 1. The number of nitro groups is 1. The van der Waals surface area contributed by atoms with Crippen molar-refractivity contribution in [2.45, 2.75) is 26.8 Å². The standard InChI is InChI=1S/C28H23N3O6S/c1-14-10-16(3)23-21(11-14)38-28(29-23)30-24(17-6-5-7-19(13-17)31(35)36)22(26(33)27(30)34)25(32)18-8-9-20(37-4)15(2)12-18/h5-13,24,32H,1-4H3/t24-/m1/s1. The number of ketones is 1. The van der Waals surface area contributed by atoms with E-state index >= 15 is 0 Å². The summed E-state index contributed by atoms with van der Waals surface area (Å²) in [6.45, 7) is 5.66. The third kappa shape index (κ3) is 4.08. The maximum Gasteiger partial charge on any atom is 0.301 e. The molecule has 1 amide bonds. The average molecular weight is 530 g/mol. The van der Waals surface area contributed by atoms with Gasteiger partial charge < -0.3 is 9.84 Å². The molecule has 1 atom stereocenters. The first-order chi connectivity index (χ1) is 18.1. The van der Waals surface area contributed by atoms with Crippen LogP contribution in [-0.2, 0) is 9.59 Å². The zero-order chi connectivity index (χ0) is 27.3. The second kappa shape index (κ2) is 9.38. The van der Waals surface area contributed by atoms with Crippen molar-refractivity contribution >= 4 is 49.8 Å². The number of non-ortho nitro benzene ring substituents is 1. The molecule has 1 aromatic heterocycles. The Bertz CT molecular complexity index is 1690. The number of amides is 1. The molecule has 4 aromatic rings. The second-order valence-electron chi connectivity index (χ2n) is 9.13. The van der Waals surface area contributed by atoms with Gasteiger partial charge in [0.15, 0.2) is 5.13 Å². The fourth-order valence-electron chi connectivity index (χ4n) is 4.80. The molecule has 0 saturated carbocycles. The molecule has 1 N–H and O–H groups in total. The van der Waals surface area contributed by atoms with Crippen LogP contribution in [-0.4, -0.2) is 33.8 Å². The third-order valence-corrected chi connectivity index (χ3v) is 7.54. The monoisotopic (exact) mass is 529 g/mol. The van der Waals surface area contributed by atoms with E-state index in [1.165, 1.54) is 41.5 Å². The number of anilines is 1. The number of thiazole rings is 1. The van der Waals surface area contributed by atoms with Gasteiger partial charge in [0, 0.05) is 17.7 Å². The summed E-state index contributed by atoms with van der Waals surface area (Å²) in [5, 5.41) is 23.2. The molecule has 0 aliphatic carbocycles. The smallest absolute Gasteiger partial charge is 0.301 e. The maximum atomic E-state index is 13.5. The lowest BCUT2D eigenvalue weighted by Gasteiger charge is -2.23. The van der Waals surface area contributed by atoms with Gasteiger partial charge in [-0.05, 0) is 67.3 Å². The minimum atomic E-state index is -1.13. The third-order valence-electron chi connectivity index (χ3n) is 6.53. The molecule has 0 radical (unpaired) electrons. The van der Waals surface area contributed by atoms with Gasteiger partial charge in [0.25, 0.3) is 11.5 Å². The van der Waals surface area contributed by atoms with Crippen molar-refractivity contribution in [2.75, 3.05) is 12.0 Å². The van der Waals surface area contributed by atoms with Crippen LogP contribution in [0, 0.1) is 30.9 Å². The molecule has 0 unspecified atom stereocenters. The molecule has 10 heteroatoms. The van der Waals surface area contributed by atoms with E-state index < -0.39 is 22.7 Å². The Kier molecular flexibility index (Phi) is 6.20. The largest absolute Gasteiger partial charge is 0.507 e. The molecule has 3 aromatic carbocycles. The topological polar surface area (TPSA) is 123 Å². The number of aliphatic hydroxyl groups is 1. The number of nitro benzene ring substituents is 1. The van der Waals surface area contributed by atoms with Crippen molar-refractivity contribution in [1.82, 2.24) is 4.98 Å². The summed E-state index contributed by atoms with van der Waals surface area (Å²) in [5.41, 5.74) is 3.59. The molecular weight excluding hydrogens is 506 g/mol. The highest BCUT2D eigenvalue weighted by Crippen LogP contribution is 2.45. The highest BCUT2D eigenvalue weighted by molar-refractivity contribution is 7.22. The molecule has 1 saturated heterocycles. The summed E-state index contributed by atoms with van der Waals surface area (Å²) in [5.74, 6) is -1.57. The van der Waals surface area contributed by atoms with E-state index in [0.29, 0.717) is 22.4 Å². The molecule has 0 spiro atoms.